The summed E-state index contributed by atoms with van der Waals surface area (Å²) in [7, 11) is 0. The normalized spacial score (nSPS) is 25.8. The van der Waals surface area contributed by atoms with Gasteiger partial charge in [0.2, 0.25) is 0 Å². The number of carboxylic acids is 1. The lowest BCUT2D eigenvalue weighted by Gasteiger charge is -2.37. The summed E-state index contributed by atoms with van der Waals surface area (Å²) in [5.74, 6) is -0.0422. The van der Waals surface area contributed by atoms with E-state index in [-0.39, 0.29) is 0 Å². The molecule has 1 aromatic heterocycles. The molecule has 2 atom stereocenters. The first-order valence-electron chi connectivity index (χ1n) is 5.67. The van der Waals surface area contributed by atoms with Crippen LogP contribution in [-0.4, -0.2) is 23.7 Å². The lowest BCUT2D eigenvalue weighted by Crippen LogP contribution is -2.39. The van der Waals surface area contributed by atoms with E-state index >= 15 is 0 Å². The van der Waals surface area contributed by atoms with Crippen LogP contribution in [0.4, 0.5) is 5.00 Å². The van der Waals surface area contributed by atoms with Crippen molar-refractivity contribution in [2.24, 2.45) is 5.92 Å². The minimum absolute atomic E-state index is 0.431. The fourth-order valence-electron chi connectivity index (χ4n) is 2.33. The quantitative estimate of drug-likeness (QED) is 0.862. The van der Waals surface area contributed by atoms with E-state index in [2.05, 4.69) is 18.7 Å². The van der Waals surface area contributed by atoms with Gasteiger partial charge in [-0.25, -0.2) is 4.79 Å². The second kappa shape index (κ2) is 4.45. The summed E-state index contributed by atoms with van der Waals surface area (Å²) >= 11 is 1.38. The average molecular weight is 239 g/mol. The van der Waals surface area contributed by atoms with Crippen molar-refractivity contribution in [3.05, 3.63) is 17.0 Å². The maximum atomic E-state index is 10.8. The third-order valence-electron chi connectivity index (χ3n) is 3.22. The Morgan fingerprint density at radius 2 is 2.25 bits per heavy atom. The molecule has 3 nitrogen and oxygen atoms in total. The molecule has 1 saturated heterocycles. The van der Waals surface area contributed by atoms with Crippen LogP contribution in [0.3, 0.4) is 0 Å². The van der Waals surface area contributed by atoms with Crippen LogP contribution in [0.5, 0.6) is 0 Å². The molecule has 0 aliphatic carbocycles. The van der Waals surface area contributed by atoms with Gasteiger partial charge in [0.05, 0.1) is 5.00 Å². The third-order valence-corrected chi connectivity index (χ3v) is 4.33. The van der Waals surface area contributed by atoms with Gasteiger partial charge in [0, 0.05) is 12.6 Å². The Bertz CT molecular complexity index is 388. The highest BCUT2D eigenvalue weighted by Crippen LogP contribution is 2.32. The van der Waals surface area contributed by atoms with Gasteiger partial charge >= 0.3 is 5.97 Å². The van der Waals surface area contributed by atoms with E-state index in [9.17, 15) is 4.79 Å². The highest BCUT2D eigenvalue weighted by molar-refractivity contribution is 7.17. The topological polar surface area (TPSA) is 40.5 Å². The number of nitrogens with zero attached hydrogens (tertiary/aromatic N) is 1. The van der Waals surface area contributed by atoms with Gasteiger partial charge in [-0.1, -0.05) is 6.92 Å². The molecule has 1 N–H and O–H groups in total. The Hall–Kier alpha value is -1.03. The summed E-state index contributed by atoms with van der Waals surface area (Å²) < 4.78 is 0. The fraction of sp³-hybridized carbons (Fsp3) is 0.583. The first-order valence-corrected chi connectivity index (χ1v) is 6.49. The minimum atomic E-state index is -0.825. The number of piperidine rings is 1. The predicted molar refractivity (Wildman–Crippen MR) is 66.5 cm³/mol. The molecule has 1 fully saturated rings. The van der Waals surface area contributed by atoms with E-state index in [1.807, 2.05) is 6.07 Å². The molecule has 88 valence electrons. The van der Waals surface area contributed by atoms with Gasteiger partial charge in [0.15, 0.2) is 0 Å². The molecule has 2 unspecified atom stereocenters. The molecule has 4 heteroatoms. The van der Waals surface area contributed by atoms with Gasteiger partial charge in [0.1, 0.15) is 4.88 Å². The van der Waals surface area contributed by atoms with Crippen LogP contribution in [-0.2, 0) is 0 Å². The van der Waals surface area contributed by atoms with Crippen LogP contribution in [0.1, 0.15) is 36.4 Å². The largest absolute Gasteiger partial charge is 0.477 e. The van der Waals surface area contributed by atoms with Crippen LogP contribution < -0.4 is 4.90 Å². The summed E-state index contributed by atoms with van der Waals surface area (Å²) in [6.07, 6.45) is 2.39. The number of carbonyl (C=O) groups is 1. The van der Waals surface area contributed by atoms with E-state index in [0.29, 0.717) is 10.9 Å². The Labute approximate surface area is 99.7 Å². The molecule has 0 amide bonds. The number of hydrogen-bond acceptors (Lipinski definition) is 3. The molecule has 16 heavy (non-hydrogen) atoms. The van der Waals surface area contributed by atoms with Crippen molar-refractivity contribution in [1.82, 2.24) is 0 Å². The molecule has 0 saturated carbocycles. The van der Waals surface area contributed by atoms with Gasteiger partial charge in [-0.05, 0) is 37.8 Å². The van der Waals surface area contributed by atoms with E-state index in [0.717, 1.165) is 17.5 Å². The van der Waals surface area contributed by atoms with Crippen LogP contribution in [0.25, 0.3) is 0 Å². The summed E-state index contributed by atoms with van der Waals surface area (Å²) in [6, 6.07) is 4.15. The van der Waals surface area contributed by atoms with Crippen molar-refractivity contribution in [2.75, 3.05) is 11.4 Å². The highest BCUT2D eigenvalue weighted by atomic mass is 32.1. The Morgan fingerprint density at radius 3 is 2.81 bits per heavy atom. The van der Waals surface area contributed by atoms with Gasteiger partial charge in [-0.3, -0.25) is 0 Å². The number of rotatable bonds is 2. The first-order chi connectivity index (χ1) is 7.58. The second-order valence-electron chi connectivity index (χ2n) is 4.62. The lowest BCUT2D eigenvalue weighted by molar-refractivity contribution is 0.0702. The van der Waals surface area contributed by atoms with Gasteiger partial charge in [0.25, 0.3) is 0 Å². The van der Waals surface area contributed by atoms with Crippen molar-refractivity contribution < 1.29 is 9.90 Å². The third kappa shape index (κ3) is 2.21. The van der Waals surface area contributed by atoms with Crippen molar-refractivity contribution in [3.63, 3.8) is 0 Å². The molecule has 0 spiro atoms. The lowest BCUT2D eigenvalue weighted by atomic mass is 9.94. The standard InChI is InChI=1S/C12H17NO2S/c1-8-5-6-13(9(2)7-8)11-4-3-10(16-11)12(14)15/h3-4,8-9H,5-7H2,1-2H3,(H,14,15). The molecule has 2 rings (SSSR count). The van der Waals surface area contributed by atoms with E-state index in [1.165, 1.54) is 24.2 Å². The van der Waals surface area contributed by atoms with Gasteiger partial charge < -0.3 is 10.0 Å². The maximum Gasteiger partial charge on any atom is 0.345 e. The average Bonchev–Trinajstić information content (AvgIpc) is 2.66. The zero-order chi connectivity index (χ0) is 11.7. The molecule has 0 radical (unpaired) electrons. The molecule has 0 bridgehead atoms. The summed E-state index contributed by atoms with van der Waals surface area (Å²) in [5, 5.41) is 9.99. The number of hydrogen-bond donors (Lipinski definition) is 1. The number of carboxylic acid groups (broad SMARTS) is 1. The van der Waals surface area contributed by atoms with Crippen LogP contribution >= 0.6 is 11.3 Å². The maximum absolute atomic E-state index is 10.8. The molecule has 1 aliphatic rings. The van der Waals surface area contributed by atoms with Crippen molar-refractivity contribution in [2.45, 2.75) is 32.7 Å². The summed E-state index contributed by atoms with van der Waals surface area (Å²) in [6.45, 7) is 5.54. The molecular weight excluding hydrogens is 222 g/mol. The Kier molecular flexibility index (Phi) is 3.19. The van der Waals surface area contributed by atoms with Crippen molar-refractivity contribution >= 4 is 22.3 Å². The first kappa shape index (κ1) is 11.5. The van der Waals surface area contributed by atoms with Crippen molar-refractivity contribution in [1.29, 1.82) is 0 Å². The number of thiophene rings is 1. The van der Waals surface area contributed by atoms with Crippen LogP contribution in [0, 0.1) is 5.92 Å². The zero-order valence-corrected chi connectivity index (χ0v) is 10.5. The molecular formula is C12H17NO2S. The Morgan fingerprint density at radius 1 is 1.50 bits per heavy atom. The van der Waals surface area contributed by atoms with E-state index in [1.54, 1.807) is 6.07 Å². The second-order valence-corrected chi connectivity index (χ2v) is 5.68. The van der Waals surface area contributed by atoms with Crippen LogP contribution in [0.15, 0.2) is 12.1 Å². The summed E-state index contributed by atoms with van der Waals surface area (Å²) in [5.41, 5.74) is 0. The van der Waals surface area contributed by atoms with E-state index < -0.39 is 5.97 Å². The molecule has 0 aromatic carbocycles. The summed E-state index contributed by atoms with van der Waals surface area (Å²) in [4.78, 5) is 13.6. The Balaban J connectivity index is 2.14. The van der Waals surface area contributed by atoms with E-state index in [4.69, 9.17) is 5.11 Å². The predicted octanol–water partition coefficient (Wildman–Crippen LogP) is 3.07. The number of aromatic carboxylic acids is 1. The van der Waals surface area contributed by atoms with Crippen LogP contribution in [0.2, 0.25) is 0 Å². The smallest absolute Gasteiger partial charge is 0.345 e. The van der Waals surface area contributed by atoms with Crippen molar-refractivity contribution in [3.8, 4) is 0 Å². The van der Waals surface area contributed by atoms with Gasteiger partial charge in [-0.15, -0.1) is 11.3 Å². The molecule has 1 aliphatic heterocycles. The SMILES string of the molecule is CC1CCN(c2ccc(C(=O)O)s2)C(C)C1. The minimum Gasteiger partial charge on any atom is -0.477 e. The molecule has 2 heterocycles. The molecule has 1 aromatic rings. The van der Waals surface area contributed by atoms with Gasteiger partial charge in [-0.2, -0.15) is 0 Å². The fourth-order valence-corrected chi connectivity index (χ4v) is 3.30. The monoisotopic (exact) mass is 239 g/mol. The highest BCUT2D eigenvalue weighted by Gasteiger charge is 2.24. The number of anilines is 1. The zero-order valence-electron chi connectivity index (χ0n) is 9.64.